The van der Waals surface area contributed by atoms with Crippen molar-refractivity contribution in [3.63, 3.8) is 0 Å². The van der Waals surface area contributed by atoms with E-state index in [1.807, 2.05) is 0 Å². The summed E-state index contributed by atoms with van der Waals surface area (Å²) < 4.78 is 34.9. The van der Waals surface area contributed by atoms with Gasteiger partial charge in [-0.15, -0.1) is 0 Å². The van der Waals surface area contributed by atoms with Gasteiger partial charge >= 0.3 is 5.97 Å². The number of amides is 2. The van der Waals surface area contributed by atoms with Crippen LogP contribution in [-0.2, 0) is 42.8 Å². The van der Waals surface area contributed by atoms with Crippen molar-refractivity contribution in [2.24, 2.45) is 0 Å². The van der Waals surface area contributed by atoms with Gasteiger partial charge in [-0.25, -0.2) is 4.79 Å². The van der Waals surface area contributed by atoms with Crippen LogP contribution >= 0.6 is 0 Å². The zero-order valence-corrected chi connectivity index (χ0v) is 58.3. The zero-order valence-electron chi connectivity index (χ0n) is 58.3. The van der Waals surface area contributed by atoms with Gasteiger partial charge in [0.25, 0.3) is 5.79 Å². The molecule has 2 amide bonds. The molecule has 18 unspecified atom stereocenters. The molecule has 0 spiro atoms. The number of hydrogen-bond acceptors (Lipinski definition) is 20. The van der Waals surface area contributed by atoms with Crippen LogP contribution < -0.4 is 10.6 Å². The number of aliphatic hydroxyl groups excluding tert-OH is 11. The summed E-state index contributed by atoms with van der Waals surface area (Å²) in [5.74, 6) is -6.10. The van der Waals surface area contributed by atoms with Gasteiger partial charge in [0.1, 0.15) is 67.1 Å². The highest BCUT2D eigenvalue weighted by atomic mass is 16.8. The van der Waals surface area contributed by atoms with Crippen LogP contribution in [0.5, 0.6) is 0 Å². The Hall–Kier alpha value is -2.79. The van der Waals surface area contributed by atoms with Crippen molar-refractivity contribution in [3.05, 3.63) is 24.3 Å². The number of carboxylic acids is 1. The molecule has 95 heavy (non-hydrogen) atoms. The Morgan fingerprint density at radius 3 is 1.47 bits per heavy atom. The van der Waals surface area contributed by atoms with Gasteiger partial charge in [0.15, 0.2) is 12.6 Å². The van der Waals surface area contributed by atoms with Gasteiger partial charge in [0.2, 0.25) is 11.8 Å². The normalized spacial score (nSPS) is 27.8. The van der Waals surface area contributed by atoms with Crippen LogP contribution in [0.3, 0.4) is 0 Å². The number of aliphatic carboxylic acids is 1. The first-order chi connectivity index (χ1) is 45.9. The molecule has 23 heteroatoms. The van der Waals surface area contributed by atoms with Gasteiger partial charge in [-0.05, 0) is 38.5 Å². The third-order valence-electron chi connectivity index (χ3n) is 18.9. The molecule has 14 N–H and O–H groups in total. The lowest BCUT2D eigenvalue weighted by atomic mass is 9.88. The van der Waals surface area contributed by atoms with Crippen LogP contribution in [0.25, 0.3) is 0 Å². The van der Waals surface area contributed by atoms with Crippen LogP contribution in [-0.4, -0.2) is 215 Å². The van der Waals surface area contributed by atoms with Crippen molar-refractivity contribution in [1.29, 1.82) is 0 Å². The molecule has 0 saturated carbocycles. The first kappa shape index (κ1) is 86.4. The molecule has 556 valence electrons. The van der Waals surface area contributed by atoms with Crippen LogP contribution in [0.4, 0.5) is 0 Å². The number of ether oxygens (including phenoxy) is 6. The Kier molecular flexibility index (Phi) is 47.5. The van der Waals surface area contributed by atoms with Gasteiger partial charge in [0, 0.05) is 19.8 Å². The maximum atomic E-state index is 13.5. The minimum Gasteiger partial charge on any atom is -0.477 e. The number of carbonyl (C=O) groups is 3. The Morgan fingerprint density at radius 2 is 1.00 bits per heavy atom. The van der Waals surface area contributed by atoms with Gasteiger partial charge < -0.3 is 100 Å². The van der Waals surface area contributed by atoms with Gasteiger partial charge in [-0.1, -0.05) is 244 Å². The molecule has 0 aromatic rings. The third-order valence-corrected chi connectivity index (χ3v) is 18.9. The van der Waals surface area contributed by atoms with Gasteiger partial charge in [-0.3, -0.25) is 9.59 Å². The molecule has 0 aromatic carbocycles. The lowest BCUT2D eigenvalue weighted by molar-refractivity contribution is -0.386. The predicted molar refractivity (Wildman–Crippen MR) is 361 cm³/mol. The quantitative estimate of drug-likeness (QED) is 0.0202. The van der Waals surface area contributed by atoms with Crippen LogP contribution in [0.15, 0.2) is 24.3 Å². The standard InChI is InChI=1S/C72H132N2O21/c1-4-6-8-10-12-14-16-18-20-22-24-25-26-28-29-31-33-35-37-39-41-43-45-54(79)53(74-59(82)46-44-42-40-38-36-34-32-30-27-23-21-19-17-15-13-11-9-7-5-2)51-90-69-64(86)63(85)66(58(50-77)92-69)93-70-65(87)68(62(84)57(49-76)91-70)95-72(71(88)89)47-55(80)60(73-52(3)78)67(94-72)61(83)56(81)48-75/h13,15,17,19,53-58,60-70,75-77,79-81,83-87H,4-12,14,16,18,20-51H2,1-3H3,(H,73,78)(H,74,82)(H,88,89)/b15-13-,19-17-. The van der Waals surface area contributed by atoms with E-state index in [9.17, 15) is 75.7 Å². The number of allylic oxidation sites excluding steroid dienone is 4. The first-order valence-corrected chi connectivity index (χ1v) is 37.2. The van der Waals surface area contributed by atoms with E-state index in [1.54, 1.807) is 0 Å². The molecule has 3 rings (SSSR count). The average molecular weight is 1360 g/mol. The zero-order chi connectivity index (χ0) is 69.6. The second-order valence-electron chi connectivity index (χ2n) is 27.2. The van der Waals surface area contributed by atoms with Crippen molar-refractivity contribution in [2.75, 3.05) is 26.4 Å². The fourth-order valence-electron chi connectivity index (χ4n) is 13.0. The summed E-state index contributed by atoms with van der Waals surface area (Å²) in [7, 11) is 0. The largest absolute Gasteiger partial charge is 0.477 e. The second-order valence-corrected chi connectivity index (χ2v) is 27.2. The summed E-state index contributed by atoms with van der Waals surface area (Å²) >= 11 is 0. The van der Waals surface area contributed by atoms with Gasteiger partial charge in [-0.2, -0.15) is 0 Å². The molecule has 0 radical (unpaired) electrons. The molecule has 3 aliphatic heterocycles. The lowest BCUT2D eigenvalue weighted by Gasteiger charge is -2.50. The molecule has 0 aromatic heterocycles. The van der Waals surface area contributed by atoms with Crippen molar-refractivity contribution >= 4 is 17.8 Å². The van der Waals surface area contributed by atoms with E-state index in [4.69, 9.17) is 28.4 Å². The van der Waals surface area contributed by atoms with E-state index in [0.717, 1.165) is 71.1 Å². The van der Waals surface area contributed by atoms with Crippen molar-refractivity contribution in [1.82, 2.24) is 10.6 Å². The van der Waals surface area contributed by atoms with Crippen LogP contribution in [0.1, 0.15) is 278 Å². The smallest absolute Gasteiger partial charge is 0.364 e. The molecular weight excluding hydrogens is 1230 g/mol. The molecule has 0 aliphatic carbocycles. The Morgan fingerprint density at radius 1 is 0.547 bits per heavy atom. The number of carboxylic acid groups (broad SMARTS) is 1. The molecular formula is C72H132N2O21. The van der Waals surface area contributed by atoms with E-state index in [1.165, 1.54) is 161 Å². The fraction of sp³-hybridized carbons (Fsp3) is 0.903. The molecule has 0 bridgehead atoms. The maximum absolute atomic E-state index is 13.5. The number of hydrogen-bond donors (Lipinski definition) is 14. The Labute approximate surface area is 568 Å². The van der Waals surface area contributed by atoms with Crippen molar-refractivity contribution in [3.8, 4) is 0 Å². The SMILES string of the molecule is CCCCC/C=C\C=C/CCCCCCCCCCCCC(=O)NC(COC1OC(CO)C(OC2OC(CO)C(O)C(OC3(C(=O)O)CC(O)C(NC(C)=O)C(C(O)C(O)CO)O3)C2O)C(O)C1O)C(O)CCCCCCCCCCCCCCCCCCCCCCCC. The molecule has 23 nitrogen and oxygen atoms in total. The summed E-state index contributed by atoms with van der Waals surface area (Å²) in [6, 6.07) is -2.53. The summed E-state index contributed by atoms with van der Waals surface area (Å²) in [4.78, 5) is 38.6. The number of unbranched alkanes of at least 4 members (excludes halogenated alkanes) is 34. The second kappa shape index (κ2) is 52.2. The summed E-state index contributed by atoms with van der Waals surface area (Å²) in [5.41, 5.74) is 0. The predicted octanol–water partition coefficient (Wildman–Crippen LogP) is 8.01. The summed E-state index contributed by atoms with van der Waals surface area (Å²) in [6.07, 6.45) is 24.5. The highest BCUT2D eigenvalue weighted by Gasteiger charge is 2.60. The van der Waals surface area contributed by atoms with Crippen molar-refractivity contribution < 1.29 is 104 Å². The Bertz CT molecular complexity index is 2010. The fourth-order valence-corrected chi connectivity index (χ4v) is 13.0. The maximum Gasteiger partial charge on any atom is 0.364 e. The van der Waals surface area contributed by atoms with E-state index < -0.39 is 148 Å². The minimum atomic E-state index is -3.08. The monoisotopic (exact) mass is 1360 g/mol. The highest BCUT2D eigenvalue weighted by Crippen LogP contribution is 2.39. The van der Waals surface area contributed by atoms with Gasteiger partial charge in [0.05, 0.1) is 50.7 Å². The highest BCUT2D eigenvalue weighted by molar-refractivity contribution is 5.77. The van der Waals surface area contributed by atoms with E-state index in [0.29, 0.717) is 19.3 Å². The topological polar surface area (TPSA) is 373 Å². The molecule has 3 aliphatic rings. The lowest BCUT2D eigenvalue weighted by Crippen LogP contribution is -2.70. The Balaban J connectivity index is 1.56. The molecule has 18 atom stereocenters. The number of nitrogens with one attached hydrogen (secondary N) is 2. The number of carbonyl (C=O) groups excluding carboxylic acids is 2. The number of rotatable bonds is 57. The van der Waals surface area contributed by atoms with Crippen molar-refractivity contribution in [2.45, 2.75) is 387 Å². The summed E-state index contributed by atoms with van der Waals surface area (Å²) in [5, 5.41) is 136. The van der Waals surface area contributed by atoms with Crippen LogP contribution in [0.2, 0.25) is 0 Å². The molecule has 3 heterocycles. The first-order valence-electron chi connectivity index (χ1n) is 37.2. The average Bonchev–Trinajstić information content (AvgIpc) is 0.758. The third kappa shape index (κ3) is 34.0. The van der Waals surface area contributed by atoms with E-state index in [2.05, 4.69) is 48.8 Å². The molecule has 3 saturated heterocycles. The van der Waals surface area contributed by atoms with E-state index >= 15 is 0 Å². The molecule has 3 fully saturated rings. The number of aliphatic hydroxyl groups is 11. The minimum absolute atomic E-state index is 0.220. The summed E-state index contributed by atoms with van der Waals surface area (Å²) in [6.45, 7) is 2.20. The van der Waals surface area contributed by atoms with E-state index in [-0.39, 0.29) is 18.9 Å². The van der Waals surface area contributed by atoms with Crippen LogP contribution in [0, 0.1) is 0 Å².